The molecule has 190 valence electrons. The lowest BCUT2D eigenvalue weighted by molar-refractivity contribution is -0.142. The molecule has 0 saturated carbocycles. The van der Waals surface area contributed by atoms with Crippen molar-refractivity contribution in [3.05, 3.63) is 111 Å². The number of carbonyl (C=O) groups is 2. The summed E-state index contributed by atoms with van der Waals surface area (Å²) in [4.78, 5) is 37.4. The molecule has 4 aromatic rings. The maximum atomic E-state index is 12.9. The van der Waals surface area contributed by atoms with Crippen molar-refractivity contribution in [2.75, 3.05) is 0 Å². The van der Waals surface area contributed by atoms with Crippen molar-refractivity contribution in [3.8, 4) is 5.75 Å². The van der Waals surface area contributed by atoms with Gasteiger partial charge in [0.05, 0.1) is 0 Å². The van der Waals surface area contributed by atoms with Gasteiger partial charge in [-0.1, -0.05) is 60.7 Å². The number of carbonyl (C=O) groups excluding carboxylic acids is 1. The Morgan fingerprint density at radius 2 is 1.54 bits per heavy atom. The van der Waals surface area contributed by atoms with E-state index in [0.29, 0.717) is 28.9 Å². The quantitative estimate of drug-likeness (QED) is 0.327. The van der Waals surface area contributed by atoms with Crippen LogP contribution < -0.4 is 15.7 Å². The first-order valence-corrected chi connectivity index (χ1v) is 12.1. The second-order valence-electron chi connectivity index (χ2n) is 9.07. The number of nitrogens with one attached hydrogen (secondary N) is 1. The van der Waals surface area contributed by atoms with E-state index in [1.807, 2.05) is 73.7 Å². The third kappa shape index (κ3) is 5.89. The zero-order valence-electron chi connectivity index (χ0n) is 21.0. The second kappa shape index (κ2) is 11.1. The Kier molecular flexibility index (Phi) is 7.72. The first kappa shape index (κ1) is 25.7. The minimum Gasteiger partial charge on any atom is -0.480 e. The molecule has 0 aliphatic carbocycles. The van der Waals surface area contributed by atoms with Crippen molar-refractivity contribution in [3.63, 3.8) is 0 Å². The molecule has 7 heteroatoms. The van der Waals surface area contributed by atoms with Crippen molar-refractivity contribution >= 4 is 22.8 Å². The molecule has 0 aliphatic rings. The molecule has 0 aliphatic heterocycles. The molecule has 2 N–H and O–H groups in total. The lowest BCUT2D eigenvalue weighted by Gasteiger charge is -2.20. The van der Waals surface area contributed by atoms with Gasteiger partial charge in [0.2, 0.25) is 0 Å². The molecule has 1 amide bonds. The minimum absolute atomic E-state index is 0.152. The summed E-state index contributed by atoms with van der Waals surface area (Å²) in [6.07, 6.45) is -0.356. The predicted molar refractivity (Wildman–Crippen MR) is 141 cm³/mol. The normalized spacial score (nSPS) is 12.6. The molecule has 3 aromatic carbocycles. The number of carboxylic acid groups (broad SMARTS) is 1. The fourth-order valence-electron chi connectivity index (χ4n) is 4.29. The molecule has 1 aromatic heterocycles. The Bertz CT molecular complexity index is 1480. The molecular weight excluding hydrogens is 470 g/mol. The van der Waals surface area contributed by atoms with E-state index >= 15 is 0 Å². The highest BCUT2D eigenvalue weighted by Crippen LogP contribution is 2.30. The van der Waals surface area contributed by atoms with E-state index in [-0.39, 0.29) is 6.42 Å². The van der Waals surface area contributed by atoms with E-state index in [9.17, 15) is 19.5 Å². The Morgan fingerprint density at radius 1 is 0.919 bits per heavy atom. The number of carboxylic acids is 1. The molecule has 4 rings (SSSR count). The van der Waals surface area contributed by atoms with E-state index < -0.39 is 29.6 Å². The molecule has 37 heavy (non-hydrogen) atoms. The molecular formula is C30H29NO6. The summed E-state index contributed by atoms with van der Waals surface area (Å²) in [7, 11) is 0. The fraction of sp³-hybridized carbons (Fsp3) is 0.233. The van der Waals surface area contributed by atoms with Crippen molar-refractivity contribution in [2.45, 2.75) is 45.8 Å². The Labute approximate surface area is 214 Å². The van der Waals surface area contributed by atoms with Crippen LogP contribution >= 0.6 is 0 Å². The number of aliphatic carboxylic acids is 1. The molecule has 0 spiro atoms. The highest BCUT2D eigenvalue weighted by atomic mass is 16.5. The number of fused-ring (bicyclic) bond motifs is 1. The van der Waals surface area contributed by atoms with Gasteiger partial charge < -0.3 is 19.6 Å². The van der Waals surface area contributed by atoms with E-state index in [1.165, 1.54) is 0 Å². The van der Waals surface area contributed by atoms with Crippen LogP contribution in [0, 0.1) is 13.8 Å². The van der Waals surface area contributed by atoms with Crippen LogP contribution in [0.4, 0.5) is 0 Å². The van der Waals surface area contributed by atoms with Gasteiger partial charge in [-0.15, -0.1) is 0 Å². The number of aryl methyl sites for hydroxylation is 2. The van der Waals surface area contributed by atoms with Crippen LogP contribution in [0.1, 0.15) is 34.7 Å². The summed E-state index contributed by atoms with van der Waals surface area (Å²) >= 11 is 0. The van der Waals surface area contributed by atoms with Gasteiger partial charge >= 0.3 is 11.6 Å². The predicted octanol–water partition coefficient (Wildman–Crippen LogP) is 4.58. The van der Waals surface area contributed by atoms with Gasteiger partial charge in [-0.3, -0.25) is 4.79 Å². The zero-order valence-corrected chi connectivity index (χ0v) is 21.0. The summed E-state index contributed by atoms with van der Waals surface area (Å²) in [5.41, 5.74) is 3.81. The van der Waals surface area contributed by atoms with Crippen LogP contribution in [0.2, 0.25) is 0 Å². The van der Waals surface area contributed by atoms with Crippen molar-refractivity contribution in [2.24, 2.45) is 0 Å². The van der Waals surface area contributed by atoms with E-state index in [2.05, 4.69) is 5.32 Å². The molecule has 0 radical (unpaired) electrons. The molecule has 0 unspecified atom stereocenters. The average molecular weight is 500 g/mol. The second-order valence-corrected chi connectivity index (χ2v) is 9.07. The molecule has 2 atom stereocenters. The van der Waals surface area contributed by atoms with Crippen LogP contribution in [0.3, 0.4) is 0 Å². The lowest BCUT2D eigenvalue weighted by Crippen LogP contribution is -2.47. The summed E-state index contributed by atoms with van der Waals surface area (Å²) in [5, 5.41) is 12.9. The topological polar surface area (TPSA) is 106 Å². The van der Waals surface area contributed by atoms with Crippen molar-refractivity contribution in [1.82, 2.24) is 5.32 Å². The molecule has 7 nitrogen and oxygen atoms in total. The third-order valence-corrected chi connectivity index (χ3v) is 6.45. The summed E-state index contributed by atoms with van der Waals surface area (Å²) in [6, 6.07) is 21.2. The maximum Gasteiger partial charge on any atom is 0.340 e. The minimum atomic E-state index is -1.13. The average Bonchev–Trinajstić information content (AvgIpc) is 2.89. The maximum absolute atomic E-state index is 12.9. The summed E-state index contributed by atoms with van der Waals surface area (Å²) in [5.74, 6) is -1.31. The Balaban J connectivity index is 1.53. The van der Waals surface area contributed by atoms with Gasteiger partial charge in [0.25, 0.3) is 5.91 Å². The van der Waals surface area contributed by atoms with Crippen LogP contribution in [-0.2, 0) is 22.4 Å². The van der Waals surface area contributed by atoms with Gasteiger partial charge in [0.15, 0.2) is 6.10 Å². The molecule has 0 bridgehead atoms. The van der Waals surface area contributed by atoms with Crippen LogP contribution in [0.5, 0.6) is 5.75 Å². The number of hydrogen-bond donors (Lipinski definition) is 2. The highest BCUT2D eigenvalue weighted by molar-refractivity contribution is 5.88. The molecule has 1 heterocycles. The highest BCUT2D eigenvalue weighted by Gasteiger charge is 2.25. The smallest absolute Gasteiger partial charge is 0.340 e. The number of amides is 1. The van der Waals surface area contributed by atoms with Crippen molar-refractivity contribution in [1.29, 1.82) is 0 Å². The Morgan fingerprint density at radius 3 is 2.16 bits per heavy atom. The van der Waals surface area contributed by atoms with Crippen LogP contribution in [0.15, 0.2) is 82.0 Å². The van der Waals surface area contributed by atoms with Gasteiger partial charge in [-0.2, -0.15) is 0 Å². The van der Waals surface area contributed by atoms with Gasteiger partial charge in [-0.25, -0.2) is 9.59 Å². The SMILES string of the molecule is Cc1c(Cc2ccccc2)c(=O)oc2c(C)c(O[C@H](C)C(=O)N[C@@H](Cc3ccccc3)C(=O)O)ccc12. The third-order valence-electron chi connectivity index (χ3n) is 6.45. The van der Waals surface area contributed by atoms with Crippen molar-refractivity contribution < 1.29 is 23.8 Å². The molecule has 0 fully saturated rings. The van der Waals surface area contributed by atoms with Crippen LogP contribution in [0.25, 0.3) is 11.0 Å². The Hall–Kier alpha value is -4.39. The zero-order chi connectivity index (χ0) is 26.5. The number of benzene rings is 3. The van der Waals surface area contributed by atoms with E-state index in [0.717, 1.165) is 22.1 Å². The van der Waals surface area contributed by atoms with Gasteiger partial charge in [0, 0.05) is 29.4 Å². The first-order chi connectivity index (χ1) is 17.7. The van der Waals surface area contributed by atoms with E-state index in [4.69, 9.17) is 9.15 Å². The lowest BCUT2D eigenvalue weighted by atomic mass is 9.98. The largest absolute Gasteiger partial charge is 0.480 e. The summed E-state index contributed by atoms with van der Waals surface area (Å²) < 4.78 is 11.6. The number of hydrogen-bond acceptors (Lipinski definition) is 5. The monoisotopic (exact) mass is 499 g/mol. The number of ether oxygens (including phenoxy) is 1. The van der Waals surface area contributed by atoms with Gasteiger partial charge in [0.1, 0.15) is 17.4 Å². The first-order valence-electron chi connectivity index (χ1n) is 12.1. The van der Waals surface area contributed by atoms with Gasteiger partial charge in [-0.05, 0) is 49.6 Å². The molecule has 0 saturated heterocycles. The summed E-state index contributed by atoms with van der Waals surface area (Å²) in [6.45, 7) is 5.20. The standard InChI is InChI=1S/C30H29NO6/c1-18-23-14-15-26(19(2)27(23)37-30(35)24(18)16-21-10-6-4-7-11-21)36-20(3)28(32)31-25(29(33)34)17-22-12-8-5-9-13-22/h4-15,20,25H,16-17H2,1-3H3,(H,31,32)(H,33,34)/t20-,25+/m1/s1. The van der Waals surface area contributed by atoms with E-state index in [1.54, 1.807) is 19.9 Å². The van der Waals surface area contributed by atoms with Crippen LogP contribution in [-0.4, -0.2) is 29.1 Å². The number of rotatable bonds is 9. The fourth-order valence-corrected chi connectivity index (χ4v) is 4.29.